The number of Topliss-reactive ketones (excluding diaryl/α,β-unsaturated/α-hetero) is 1. The highest BCUT2D eigenvalue weighted by atomic mass is 16.5. The molecule has 1 aromatic carbocycles. The highest BCUT2D eigenvalue weighted by Gasteiger charge is 2.45. The summed E-state index contributed by atoms with van der Waals surface area (Å²) in [7, 11) is 1.78. The average molecular weight is 755 g/mol. The quantitative estimate of drug-likeness (QED) is 0.112. The molecule has 0 heterocycles. The Morgan fingerprint density at radius 3 is 2.09 bits per heavy atom. The molecule has 6 N–H and O–H groups in total. The molecule has 0 aromatic heterocycles. The number of nitrogens with one attached hydrogen (secondary N) is 4. The molecule has 5 unspecified atom stereocenters. The zero-order chi connectivity index (χ0) is 40.7. The minimum absolute atomic E-state index is 0.00292. The summed E-state index contributed by atoms with van der Waals surface area (Å²) in [5, 5.41) is 11.8. The van der Waals surface area contributed by atoms with E-state index in [0.29, 0.717) is 38.0 Å². The van der Waals surface area contributed by atoms with Crippen LogP contribution in [0.25, 0.3) is 0 Å². The number of carbonyl (C=O) groups is 5. The lowest BCUT2D eigenvalue weighted by molar-refractivity contribution is -0.137. The largest absolute Gasteiger partial charge is 0.447 e. The van der Waals surface area contributed by atoms with Gasteiger partial charge in [0.05, 0.1) is 12.1 Å². The molecule has 2 aliphatic rings. The molecule has 1 saturated carbocycles. The zero-order valence-electron chi connectivity index (χ0n) is 34.7. The molecule has 5 amide bonds. The molecule has 0 saturated heterocycles. The number of ketones is 1. The van der Waals surface area contributed by atoms with Crippen molar-refractivity contribution >= 4 is 29.7 Å². The molecule has 1 aromatic rings. The van der Waals surface area contributed by atoms with Gasteiger partial charge in [-0.1, -0.05) is 105 Å². The number of carbonyl (C=O) groups excluding carboxylic acids is 5. The number of likely N-dealkylation sites (N-methyl/N-ethyl adjacent to an activating group) is 1. The number of alkyl carbamates (subject to hydrolysis) is 1. The monoisotopic (exact) mass is 755 g/mol. The van der Waals surface area contributed by atoms with Crippen molar-refractivity contribution in [1.29, 1.82) is 0 Å². The number of urea groups is 1. The van der Waals surface area contributed by atoms with Gasteiger partial charge in [-0.15, -0.1) is 0 Å². The van der Waals surface area contributed by atoms with Crippen LogP contribution in [-0.4, -0.2) is 79.5 Å². The van der Waals surface area contributed by atoms with Crippen molar-refractivity contribution in [3.63, 3.8) is 0 Å². The predicted molar refractivity (Wildman–Crippen MR) is 214 cm³/mol. The second kappa shape index (κ2) is 21.7. The maximum Gasteiger partial charge on any atom is 0.407 e. The summed E-state index contributed by atoms with van der Waals surface area (Å²) in [4.78, 5) is 65.9. The van der Waals surface area contributed by atoms with Gasteiger partial charge in [-0.3, -0.25) is 14.4 Å². The average Bonchev–Trinajstić information content (AvgIpc) is 3.72. The van der Waals surface area contributed by atoms with E-state index < -0.39 is 47.4 Å². The summed E-state index contributed by atoms with van der Waals surface area (Å²) >= 11 is 0. The molecule has 2 aliphatic carbocycles. The fourth-order valence-electron chi connectivity index (χ4n) is 7.22. The van der Waals surface area contributed by atoms with Crippen LogP contribution < -0.4 is 27.0 Å². The van der Waals surface area contributed by atoms with Crippen molar-refractivity contribution in [1.82, 2.24) is 26.2 Å². The number of nitrogens with two attached hydrogens (primary N) is 1. The first-order chi connectivity index (χ1) is 25.4. The Bertz CT molecular complexity index is 1400. The molecule has 54 heavy (non-hydrogen) atoms. The molecule has 0 aliphatic heterocycles. The van der Waals surface area contributed by atoms with Crippen LogP contribution in [0, 0.1) is 35.0 Å². The summed E-state index contributed by atoms with van der Waals surface area (Å²) in [5.41, 5.74) is 7.97. The van der Waals surface area contributed by atoms with Gasteiger partial charge in [-0.2, -0.15) is 0 Å². The van der Waals surface area contributed by atoms with Gasteiger partial charge in [0.1, 0.15) is 12.6 Å². The van der Waals surface area contributed by atoms with Gasteiger partial charge in [0.2, 0.25) is 11.7 Å². The van der Waals surface area contributed by atoms with Crippen molar-refractivity contribution in [3.8, 4) is 0 Å². The van der Waals surface area contributed by atoms with Crippen LogP contribution in [0.2, 0.25) is 0 Å². The molecule has 0 radical (unpaired) electrons. The minimum Gasteiger partial charge on any atom is -0.447 e. The summed E-state index contributed by atoms with van der Waals surface area (Å²) in [6, 6.07) is 5.62. The van der Waals surface area contributed by atoms with Crippen molar-refractivity contribution < 1.29 is 28.7 Å². The molecule has 1 fully saturated rings. The molecule has 12 heteroatoms. The number of ether oxygens (including phenoxy) is 1. The number of rotatable bonds is 19. The first-order valence-corrected chi connectivity index (χ1v) is 20.0. The Morgan fingerprint density at radius 2 is 1.57 bits per heavy atom. The first-order valence-electron chi connectivity index (χ1n) is 20.0. The van der Waals surface area contributed by atoms with Crippen LogP contribution in [0.4, 0.5) is 9.59 Å². The molecule has 7 atom stereocenters. The van der Waals surface area contributed by atoms with Gasteiger partial charge in [0, 0.05) is 25.8 Å². The predicted octanol–water partition coefficient (Wildman–Crippen LogP) is 5.73. The van der Waals surface area contributed by atoms with Crippen molar-refractivity contribution in [3.05, 3.63) is 47.7 Å². The van der Waals surface area contributed by atoms with Crippen molar-refractivity contribution in [2.45, 2.75) is 125 Å². The van der Waals surface area contributed by atoms with Crippen molar-refractivity contribution in [2.75, 3.05) is 26.7 Å². The Hall–Kier alpha value is -4.09. The van der Waals surface area contributed by atoms with Crippen LogP contribution in [0.1, 0.15) is 106 Å². The SMILES string of the molecule is C=C(NC(CC(C)CCC)C(=O)C(N)=O)C(C)[C@H]1C[C@H]1CN(C)C(=O)C(NC(=O)NC(COC(=O)NCC)C(C)(C)C)C1Cc2ccccc2C1.CCC. The second-order valence-electron chi connectivity index (χ2n) is 16.5. The van der Waals surface area contributed by atoms with E-state index in [2.05, 4.69) is 74.6 Å². The highest BCUT2D eigenvalue weighted by molar-refractivity contribution is 6.37. The summed E-state index contributed by atoms with van der Waals surface area (Å²) in [5.74, 6) is -1.19. The third kappa shape index (κ3) is 14.3. The fraction of sp³-hybridized carbons (Fsp3) is 0.690. The molecular formula is C42H70N6O6. The molecule has 0 spiro atoms. The maximum absolute atomic E-state index is 14.2. The third-order valence-corrected chi connectivity index (χ3v) is 10.6. The van der Waals surface area contributed by atoms with E-state index in [1.54, 1.807) is 18.9 Å². The van der Waals surface area contributed by atoms with Gasteiger partial charge < -0.3 is 36.6 Å². The van der Waals surface area contributed by atoms with E-state index in [4.69, 9.17) is 10.5 Å². The number of nitrogens with zero attached hydrogens (tertiary/aromatic N) is 1. The summed E-state index contributed by atoms with van der Waals surface area (Å²) < 4.78 is 5.36. The lowest BCUT2D eigenvalue weighted by Crippen LogP contribution is -2.58. The number of amides is 5. The van der Waals surface area contributed by atoms with Crippen molar-refractivity contribution in [2.24, 2.45) is 40.7 Å². The lowest BCUT2D eigenvalue weighted by atomic mass is 9.87. The van der Waals surface area contributed by atoms with E-state index in [1.165, 1.54) is 17.5 Å². The summed E-state index contributed by atoms with van der Waals surface area (Å²) in [6.45, 7) is 23.2. The molecule has 0 bridgehead atoms. The maximum atomic E-state index is 14.2. The molecule has 304 valence electrons. The van der Waals surface area contributed by atoms with E-state index >= 15 is 0 Å². The molecular weight excluding hydrogens is 684 g/mol. The van der Waals surface area contributed by atoms with Gasteiger partial charge in [0.25, 0.3) is 5.91 Å². The van der Waals surface area contributed by atoms with E-state index in [1.807, 2.05) is 32.9 Å². The van der Waals surface area contributed by atoms with Crippen LogP contribution in [0.5, 0.6) is 0 Å². The van der Waals surface area contributed by atoms with Crippen LogP contribution in [-0.2, 0) is 32.0 Å². The Balaban J connectivity index is 0.00000325. The number of hydrogen-bond donors (Lipinski definition) is 5. The van der Waals surface area contributed by atoms with Gasteiger partial charge in [-0.05, 0) is 78.7 Å². The zero-order valence-corrected chi connectivity index (χ0v) is 34.7. The van der Waals surface area contributed by atoms with Crippen LogP contribution in [0.3, 0.4) is 0 Å². The normalized spacial score (nSPS) is 18.9. The number of allylic oxidation sites excluding steroid dienone is 1. The van der Waals surface area contributed by atoms with Gasteiger partial charge in [0.15, 0.2) is 0 Å². The Morgan fingerprint density at radius 1 is 0.981 bits per heavy atom. The fourth-order valence-corrected chi connectivity index (χ4v) is 7.22. The Labute approximate surface area is 324 Å². The highest BCUT2D eigenvalue weighted by Crippen LogP contribution is 2.46. The van der Waals surface area contributed by atoms with Gasteiger partial charge in [-0.25, -0.2) is 9.59 Å². The van der Waals surface area contributed by atoms with E-state index in [0.717, 1.165) is 19.3 Å². The van der Waals surface area contributed by atoms with E-state index in [9.17, 15) is 24.0 Å². The van der Waals surface area contributed by atoms with Crippen LogP contribution in [0.15, 0.2) is 36.5 Å². The minimum atomic E-state index is -0.954. The lowest BCUT2D eigenvalue weighted by Gasteiger charge is -2.33. The van der Waals surface area contributed by atoms with Crippen LogP contribution >= 0.6 is 0 Å². The smallest absolute Gasteiger partial charge is 0.407 e. The molecule has 12 nitrogen and oxygen atoms in total. The number of hydrogen-bond acceptors (Lipinski definition) is 7. The summed E-state index contributed by atoms with van der Waals surface area (Å²) in [6.07, 6.45) is 5.32. The second-order valence-corrected chi connectivity index (χ2v) is 16.5. The number of primary amides is 1. The first kappa shape index (κ1) is 46.1. The standard InChI is InChI=1S/C39H62N6O6.C3H8/c1-10-14-23(3)17-31(34(46)35(40)47)42-25(5)24(4)30-20-29(30)21-45(9)36(48)33(28-18-26-15-12-13-16-27(26)19-28)44-37(49)43-32(39(6,7)8)22-51-38(50)41-11-2;1-3-2/h12-13,15-16,23-24,28-33,42H,5,10-11,14,17-22H2,1-4,6-9H3,(H2,40,47)(H,41,50)(H2,43,44,49);3H2,1-2H3/t23?,24?,29-,30+,31?,32?,33?;/m0./s1. The van der Waals surface area contributed by atoms with Gasteiger partial charge >= 0.3 is 12.1 Å². The topological polar surface area (TPSA) is 172 Å². The number of benzene rings is 1. The number of fused-ring (bicyclic) bond motifs is 1. The Kier molecular flexibility index (Phi) is 18.5. The molecule has 3 rings (SSSR count). The third-order valence-electron chi connectivity index (χ3n) is 10.6. The van der Waals surface area contributed by atoms with E-state index in [-0.39, 0.29) is 42.1 Å².